The Bertz CT molecular complexity index is 485. The molecule has 0 aliphatic heterocycles. The Morgan fingerprint density at radius 3 is 2.71 bits per heavy atom. The van der Waals surface area contributed by atoms with Crippen molar-refractivity contribution >= 4 is 23.1 Å². The summed E-state index contributed by atoms with van der Waals surface area (Å²) in [4.78, 5) is 12.3. The molecule has 0 atom stereocenters. The summed E-state index contributed by atoms with van der Waals surface area (Å²) in [6.45, 7) is 2.73. The molecule has 0 fully saturated rings. The Morgan fingerprint density at radius 2 is 2.00 bits per heavy atom. The molecule has 0 radical (unpaired) electrons. The van der Waals surface area contributed by atoms with Gasteiger partial charge in [-0.3, -0.25) is 0 Å². The van der Waals surface area contributed by atoms with E-state index < -0.39 is 0 Å². The predicted molar refractivity (Wildman–Crippen MR) is 68.1 cm³/mol. The van der Waals surface area contributed by atoms with Gasteiger partial charge < -0.3 is 16.4 Å². The minimum Gasteiger partial charge on any atom is -0.393 e. The number of nitrogens with two attached hydrogens (primary N) is 1. The number of aromatic nitrogens is 3. The second-order valence-corrected chi connectivity index (χ2v) is 3.35. The third-order valence-corrected chi connectivity index (χ3v) is 2.14. The van der Waals surface area contributed by atoms with E-state index >= 15 is 0 Å². The third kappa shape index (κ3) is 2.60. The Hall–Kier alpha value is -2.37. The van der Waals surface area contributed by atoms with Gasteiger partial charge in [-0.1, -0.05) is 6.07 Å². The van der Waals surface area contributed by atoms with Gasteiger partial charge in [-0.15, -0.1) is 0 Å². The van der Waals surface area contributed by atoms with Crippen LogP contribution in [0.15, 0.2) is 30.7 Å². The number of anilines is 4. The first-order valence-corrected chi connectivity index (χ1v) is 5.33. The van der Waals surface area contributed by atoms with Crippen LogP contribution in [-0.4, -0.2) is 21.5 Å². The van der Waals surface area contributed by atoms with E-state index in [1.54, 1.807) is 6.20 Å². The molecular formula is C11H14N6. The van der Waals surface area contributed by atoms with E-state index in [0.29, 0.717) is 23.1 Å². The van der Waals surface area contributed by atoms with Gasteiger partial charge in [0.15, 0.2) is 11.6 Å². The molecule has 6 heteroatoms. The van der Waals surface area contributed by atoms with E-state index in [9.17, 15) is 0 Å². The molecule has 0 saturated carbocycles. The van der Waals surface area contributed by atoms with E-state index in [0.717, 1.165) is 6.54 Å². The molecule has 0 aliphatic rings. The predicted octanol–water partition coefficient (Wildman–Crippen LogP) is 1.63. The Balaban J connectivity index is 2.24. The molecule has 0 unspecified atom stereocenters. The van der Waals surface area contributed by atoms with E-state index in [2.05, 4.69) is 25.6 Å². The van der Waals surface area contributed by atoms with Crippen molar-refractivity contribution in [2.75, 3.05) is 22.9 Å². The lowest BCUT2D eigenvalue weighted by Crippen LogP contribution is -2.07. The molecule has 0 aromatic carbocycles. The number of nitrogens with one attached hydrogen (secondary N) is 2. The number of hydrogen-bond donors (Lipinski definition) is 3. The first-order chi connectivity index (χ1) is 8.31. The highest BCUT2D eigenvalue weighted by Crippen LogP contribution is 2.24. The van der Waals surface area contributed by atoms with Gasteiger partial charge in [-0.05, 0) is 19.1 Å². The normalized spacial score (nSPS) is 9.94. The minimum absolute atomic E-state index is 0.486. The van der Waals surface area contributed by atoms with Gasteiger partial charge in [0.25, 0.3) is 0 Å². The second-order valence-electron chi connectivity index (χ2n) is 3.35. The van der Waals surface area contributed by atoms with Gasteiger partial charge in [0, 0.05) is 12.7 Å². The van der Waals surface area contributed by atoms with E-state index in [1.165, 1.54) is 6.33 Å². The van der Waals surface area contributed by atoms with Crippen LogP contribution in [-0.2, 0) is 0 Å². The number of rotatable bonds is 4. The molecule has 0 amide bonds. The SMILES string of the molecule is CCNc1ncnc(Nc2ccccn2)c1N. The fourth-order valence-electron chi connectivity index (χ4n) is 1.36. The van der Waals surface area contributed by atoms with Crippen molar-refractivity contribution < 1.29 is 0 Å². The van der Waals surface area contributed by atoms with Crippen molar-refractivity contribution in [3.63, 3.8) is 0 Å². The second kappa shape index (κ2) is 5.11. The molecule has 6 nitrogen and oxygen atoms in total. The fourth-order valence-corrected chi connectivity index (χ4v) is 1.36. The fraction of sp³-hybridized carbons (Fsp3) is 0.182. The molecular weight excluding hydrogens is 216 g/mol. The van der Waals surface area contributed by atoms with Crippen LogP contribution in [0.25, 0.3) is 0 Å². The summed E-state index contributed by atoms with van der Waals surface area (Å²) >= 11 is 0. The van der Waals surface area contributed by atoms with Crippen molar-refractivity contribution in [3.05, 3.63) is 30.7 Å². The van der Waals surface area contributed by atoms with Crippen LogP contribution in [0.1, 0.15) is 6.92 Å². The molecule has 17 heavy (non-hydrogen) atoms. The maximum atomic E-state index is 5.94. The maximum Gasteiger partial charge on any atom is 0.160 e. The molecule has 2 aromatic heterocycles. The third-order valence-electron chi connectivity index (χ3n) is 2.14. The summed E-state index contributed by atoms with van der Waals surface area (Å²) < 4.78 is 0. The van der Waals surface area contributed by atoms with Gasteiger partial charge in [-0.25, -0.2) is 15.0 Å². The Kier molecular flexibility index (Phi) is 3.34. The quantitative estimate of drug-likeness (QED) is 0.739. The molecule has 0 saturated heterocycles. The van der Waals surface area contributed by atoms with Crippen LogP contribution in [0, 0.1) is 0 Å². The molecule has 88 valence electrons. The van der Waals surface area contributed by atoms with Crippen LogP contribution in [0.5, 0.6) is 0 Å². The van der Waals surface area contributed by atoms with Crippen LogP contribution in [0.2, 0.25) is 0 Å². The summed E-state index contributed by atoms with van der Waals surface area (Å²) in [6, 6.07) is 5.57. The largest absolute Gasteiger partial charge is 0.393 e. The zero-order valence-corrected chi connectivity index (χ0v) is 9.51. The van der Waals surface area contributed by atoms with Crippen LogP contribution in [0.4, 0.5) is 23.1 Å². The lowest BCUT2D eigenvalue weighted by atomic mass is 10.4. The monoisotopic (exact) mass is 230 g/mol. The van der Waals surface area contributed by atoms with Gasteiger partial charge in [-0.2, -0.15) is 0 Å². The summed E-state index contributed by atoms with van der Waals surface area (Å²) in [5.74, 6) is 1.87. The van der Waals surface area contributed by atoms with Crippen molar-refractivity contribution in [2.24, 2.45) is 0 Å². The molecule has 2 heterocycles. The average molecular weight is 230 g/mol. The van der Waals surface area contributed by atoms with Crippen LogP contribution < -0.4 is 16.4 Å². The standard InChI is InChI=1S/C11H14N6/c1-2-13-10-9(12)11(16-7-15-10)17-8-5-3-4-6-14-8/h3-7H,2,12H2,1H3,(H2,13,14,15,16,17). The van der Waals surface area contributed by atoms with Crippen molar-refractivity contribution in [1.29, 1.82) is 0 Å². The minimum atomic E-state index is 0.486. The van der Waals surface area contributed by atoms with E-state index in [-0.39, 0.29) is 0 Å². The molecule has 4 N–H and O–H groups in total. The number of nitrogen functional groups attached to an aromatic ring is 1. The van der Waals surface area contributed by atoms with Crippen molar-refractivity contribution in [2.45, 2.75) is 6.92 Å². The van der Waals surface area contributed by atoms with Crippen LogP contribution in [0.3, 0.4) is 0 Å². The van der Waals surface area contributed by atoms with Crippen molar-refractivity contribution in [1.82, 2.24) is 15.0 Å². The van der Waals surface area contributed by atoms with Gasteiger partial charge in [0.2, 0.25) is 0 Å². The number of nitrogens with zero attached hydrogens (tertiary/aromatic N) is 3. The number of pyridine rings is 1. The van der Waals surface area contributed by atoms with Crippen LogP contribution >= 0.6 is 0 Å². The maximum absolute atomic E-state index is 5.94. The highest BCUT2D eigenvalue weighted by molar-refractivity contribution is 5.76. The molecule has 0 bridgehead atoms. The van der Waals surface area contributed by atoms with Gasteiger partial charge in [0.05, 0.1) is 0 Å². The highest BCUT2D eigenvalue weighted by Gasteiger charge is 2.07. The lowest BCUT2D eigenvalue weighted by molar-refractivity contribution is 1.11. The molecule has 0 spiro atoms. The highest BCUT2D eigenvalue weighted by atomic mass is 15.1. The Morgan fingerprint density at radius 1 is 1.18 bits per heavy atom. The smallest absolute Gasteiger partial charge is 0.160 e. The summed E-state index contributed by atoms with van der Waals surface area (Å²) in [5.41, 5.74) is 6.43. The average Bonchev–Trinajstić information content (AvgIpc) is 2.36. The summed E-state index contributed by atoms with van der Waals surface area (Å²) in [7, 11) is 0. The zero-order chi connectivity index (χ0) is 12.1. The van der Waals surface area contributed by atoms with E-state index in [4.69, 9.17) is 5.73 Å². The molecule has 2 rings (SSSR count). The first-order valence-electron chi connectivity index (χ1n) is 5.33. The van der Waals surface area contributed by atoms with Gasteiger partial charge in [0.1, 0.15) is 17.8 Å². The summed E-state index contributed by atoms with van der Waals surface area (Å²) in [6.07, 6.45) is 3.16. The summed E-state index contributed by atoms with van der Waals surface area (Å²) in [5, 5.41) is 6.11. The Labute approximate surface area is 99.3 Å². The topological polar surface area (TPSA) is 88.8 Å². The number of hydrogen-bond acceptors (Lipinski definition) is 6. The lowest BCUT2D eigenvalue weighted by Gasteiger charge is -2.10. The van der Waals surface area contributed by atoms with Gasteiger partial charge >= 0.3 is 0 Å². The first kappa shape index (κ1) is 11.1. The van der Waals surface area contributed by atoms with E-state index in [1.807, 2.05) is 25.1 Å². The zero-order valence-electron chi connectivity index (χ0n) is 9.51. The molecule has 2 aromatic rings. The molecule has 0 aliphatic carbocycles. The van der Waals surface area contributed by atoms with Crippen molar-refractivity contribution in [3.8, 4) is 0 Å².